The predicted octanol–water partition coefficient (Wildman–Crippen LogP) is 5.02. The van der Waals surface area contributed by atoms with Gasteiger partial charge in [-0.25, -0.2) is 10.1 Å². The molecule has 0 aromatic heterocycles. The molecule has 0 amide bonds. The van der Waals surface area contributed by atoms with E-state index in [4.69, 9.17) is 9.99 Å². The van der Waals surface area contributed by atoms with E-state index in [1.165, 1.54) is 38.5 Å². The van der Waals surface area contributed by atoms with Crippen LogP contribution in [0.4, 0.5) is 0 Å². The third-order valence-corrected chi connectivity index (χ3v) is 4.81. The van der Waals surface area contributed by atoms with E-state index in [9.17, 15) is 4.79 Å². The first-order chi connectivity index (χ1) is 11.3. The van der Waals surface area contributed by atoms with Gasteiger partial charge in [0.1, 0.15) is 0 Å². The van der Waals surface area contributed by atoms with Gasteiger partial charge in [-0.1, -0.05) is 43.6 Å². The Kier molecular flexibility index (Phi) is 8.46. The maximum absolute atomic E-state index is 11.9. The van der Waals surface area contributed by atoms with Crippen LogP contribution >= 0.6 is 12.0 Å². The summed E-state index contributed by atoms with van der Waals surface area (Å²) in [6.07, 6.45) is 10.2. The van der Waals surface area contributed by atoms with Gasteiger partial charge in [0.25, 0.3) is 0 Å². The van der Waals surface area contributed by atoms with Gasteiger partial charge < -0.3 is 4.74 Å². The first kappa shape index (κ1) is 18.3. The molecule has 1 aliphatic carbocycles. The Morgan fingerprint density at radius 3 is 2.57 bits per heavy atom. The lowest BCUT2D eigenvalue weighted by Crippen LogP contribution is -2.08. The number of unbranched alkanes of at least 4 members (excludes halogenated alkanes) is 1. The summed E-state index contributed by atoms with van der Waals surface area (Å²) in [5.41, 5.74) is 0.506. The molecule has 1 fully saturated rings. The molecular weight excluding hydrogens is 316 g/mol. The van der Waals surface area contributed by atoms with Crippen LogP contribution in [0.1, 0.15) is 61.7 Å². The monoisotopic (exact) mass is 340 g/mol. The number of esters is 1. The van der Waals surface area contributed by atoms with Crippen molar-refractivity contribution in [3.8, 4) is 0 Å². The summed E-state index contributed by atoms with van der Waals surface area (Å²) in [4.78, 5) is 12.6. The number of rotatable bonds is 9. The van der Waals surface area contributed by atoms with Crippen LogP contribution in [0, 0.1) is 5.92 Å². The van der Waals surface area contributed by atoms with Gasteiger partial charge in [-0.2, -0.15) is 0 Å². The molecule has 1 aromatic rings. The van der Waals surface area contributed by atoms with Crippen molar-refractivity contribution in [2.75, 3.05) is 6.61 Å². The summed E-state index contributed by atoms with van der Waals surface area (Å²) in [5.74, 6) is 0.577. The fourth-order valence-electron chi connectivity index (χ4n) is 2.96. The molecule has 1 N–H and O–H groups in total. The van der Waals surface area contributed by atoms with Crippen molar-refractivity contribution >= 4 is 18.0 Å². The summed E-state index contributed by atoms with van der Waals surface area (Å²) in [6.45, 7) is 0.476. The molecule has 0 atom stereocenters. The molecule has 0 spiro atoms. The van der Waals surface area contributed by atoms with E-state index in [1.807, 2.05) is 0 Å². The Hall–Kier alpha value is -1.08. The van der Waals surface area contributed by atoms with Gasteiger partial charge in [0, 0.05) is 4.90 Å². The van der Waals surface area contributed by atoms with Crippen molar-refractivity contribution in [1.29, 1.82) is 0 Å². The molecule has 1 aliphatic rings. The molecule has 23 heavy (non-hydrogen) atoms. The van der Waals surface area contributed by atoms with E-state index in [-0.39, 0.29) is 5.97 Å². The number of benzene rings is 1. The Balaban J connectivity index is 1.60. The molecule has 0 radical (unpaired) electrons. The normalized spacial score (nSPS) is 15.5. The average molecular weight is 340 g/mol. The number of hydrogen-bond donors (Lipinski definition) is 1. The number of carbonyl (C=O) groups is 1. The summed E-state index contributed by atoms with van der Waals surface area (Å²) >= 11 is 0.854. The van der Waals surface area contributed by atoms with Gasteiger partial charge in [0.15, 0.2) is 0 Å². The highest BCUT2D eigenvalue weighted by Gasteiger charge is 2.13. The second-order valence-corrected chi connectivity index (χ2v) is 6.66. The first-order valence-electron chi connectivity index (χ1n) is 8.21. The Bertz CT molecular complexity index is 457. The first-order valence-corrected chi connectivity index (χ1v) is 8.95. The van der Waals surface area contributed by atoms with E-state index in [2.05, 4.69) is 9.37 Å². The average Bonchev–Trinajstić information content (AvgIpc) is 2.61. The van der Waals surface area contributed by atoms with Gasteiger partial charge >= 0.3 is 5.97 Å². The van der Waals surface area contributed by atoms with Gasteiger partial charge in [0.2, 0.25) is 0 Å². The van der Waals surface area contributed by atoms with E-state index in [1.54, 1.807) is 24.3 Å². The second kappa shape index (κ2) is 10.6. The third-order valence-electron chi connectivity index (χ3n) is 4.22. The third kappa shape index (κ3) is 6.91. The molecule has 6 heteroatoms. The lowest BCUT2D eigenvalue weighted by Gasteiger charge is -2.21. The minimum atomic E-state index is -0.307. The molecule has 1 aromatic carbocycles. The van der Waals surface area contributed by atoms with Gasteiger partial charge in [-0.05, 0) is 43.0 Å². The molecule has 0 unspecified atom stereocenters. The van der Waals surface area contributed by atoms with Crippen molar-refractivity contribution in [3.05, 3.63) is 29.8 Å². The predicted molar refractivity (Wildman–Crippen MR) is 87.8 cm³/mol. The largest absolute Gasteiger partial charge is 0.462 e. The molecule has 1 saturated carbocycles. The van der Waals surface area contributed by atoms with Crippen LogP contribution in [0.3, 0.4) is 0 Å². The second-order valence-electron chi connectivity index (χ2n) is 5.89. The molecule has 0 aliphatic heterocycles. The summed E-state index contributed by atoms with van der Waals surface area (Å²) in [6, 6.07) is 6.72. The summed E-state index contributed by atoms with van der Waals surface area (Å²) < 4.78 is 9.61. The van der Waals surface area contributed by atoms with Crippen LogP contribution < -0.4 is 0 Å². The molecule has 128 valence electrons. The van der Waals surface area contributed by atoms with E-state index in [0.717, 1.165) is 30.8 Å². The quantitative estimate of drug-likeness (QED) is 0.224. The van der Waals surface area contributed by atoms with Crippen molar-refractivity contribution in [3.63, 3.8) is 0 Å². The van der Waals surface area contributed by atoms with Crippen LogP contribution in [0.25, 0.3) is 0 Å². The standard InChI is InChI=1S/C17H24O5S/c18-17(15-9-11-16(12-10-15)23-22-21-19)20-13-5-4-8-14-6-2-1-3-7-14/h9-12,14,19H,1-8,13H2. The van der Waals surface area contributed by atoms with Crippen molar-refractivity contribution < 1.29 is 24.2 Å². The van der Waals surface area contributed by atoms with Gasteiger partial charge in [-0.3, -0.25) is 0 Å². The highest BCUT2D eigenvalue weighted by atomic mass is 32.2. The lowest BCUT2D eigenvalue weighted by atomic mass is 9.86. The molecular formula is C17H24O5S. The molecule has 2 rings (SSSR count). The Morgan fingerprint density at radius 1 is 1.13 bits per heavy atom. The maximum atomic E-state index is 11.9. The summed E-state index contributed by atoms with van der Waals surface area (Å²) in [5, 5.41) is 11.6. The molecule has 0 bridgehead atoms. The van der Waals surface area contributed by atoms with E-state index in [0.29, 0.717) is 17.1 Å². The minimum absolute atomic E-state index is 0.307. The van der Waals surface area contributed by atoms with Crippen molar-refractivity contribution in [1.82, 2.24) is 0 Å². The topological polar surface area (TPSA) is 65.0 Å². The fraction of sp³-hybridized carbons (Fsp3) is 0.588. The van der Waals surface area contributed by atoms with Crippen molar-refractivity contribution in [2.24, 2.45) is 5.92 Å². The smallest absolute Gasteiger partial charge is 0.338 e. The van der Waals surface area contributed by atoms with Crippen LogP contribution in [-0.2, 0) is 14.1 Å². The van der Waals surface area contributed by atoms with Crippen LogP contribution in [0.15, 0.2) is 29.2 Å². The van der Waals surface area contributed by atoms with Crippen LogP contribution in [-0.4, -0.2) is 17.8 Å². The zero-order valence-corrected chi connectivity index (χ0v) is 14.1. The number of hydrogen-bond acceptors (Lipinski definition) is 6. The van der Waals surface area contributed by atoms with Gasteiger partial charge in [0.05, 0.1) is 24.2 Å². The maximum Gasteiger partial charge on any atom is 0.338 e. The SMILES string of the molecule is O=C(OCCCCC1CCCCC1)c1ccc(SOOO)cc1. The summed E-state index contributed by atoms with van der Waals surface area (Å²) in [7, 11) is 0. The van der Waals surface area contributed by atoms with Crippen molar-refractivity contribution in [2.45, 2.75) is 56.3 Å². The van der Waals surface area contributed by atoms with E-state index < -0.39 is 0 Å². The molecule has 0 saturated heterocycles. The van der Waals surface area contributed by atoms with E-state index >= 15 is 0 Å². The minimum Gasteiger partial charge on any atom is -0.462 e. The van der Waals surface area contributed by atoms with Gasteiger partial charge in [-0.15, -0.1) is 4.33 Å². The van der Waals surface area contributed by atoms with Crippen LogP contribution in [0.2, 0.25) is 0 Å². The Labute approximate surface area is 141 Å². The number of carbonyl (C=O) groups excluding carboxylic acids is 1. The zero-order valence-electron chi connectivity index (χ0n) is 13.2. The molecule has 0 heterocycles. The highest BCUT2D eigenvalue weighted by molar-refractivity contribution is 7.94. The number of ether oxygens (including phenoxy) is 1. The Morgan fingerprint density at radius 2 is 1.87 bits per heavy atom. The van der Waals surface area contributed by atoms with Crippen LogP contribution in [0.5, 0.6) is 0 Å². The lowest BCUT2D eigenvalue weighted by molar-refractivity contribution is -0.432. The fourth-order valence-corrected chi connectivity index (χ4v) is 3.32. The zero-order chi connectivity index (χ0) is 16.3. The molecule has 5 nitrogen and oxygen atoms in total. The highest BCUT2D eigenvalue weighted by Crippen LogP contribution is 2.27.